The Morgan fingerprint density at radius 2 is 0.556 bits per heavy atom. The third-order valence-electron chi connectivity index (χ3n) is 13.0. The molecule has 0 saturated heterocycles. The molecule has 0 spiro atoms. The predicted molar refractivity (Wildman–Crippen MR) is 191 cm³/mol. The quantitative estimate of drug-likeness (QED) is 0.197. The Bertz CT molecular complexity index is 733. The summed E-state index contributed by atoms with van der Waals surface area (Å²) in [7, 11) is -3.61. The number of rotatable bonds is 12. The van der Waals surface area contributed by atoms with Crippen molar-refractivity contribution in [1.82, 2.24) is 0 Å². The van der Waals surface area contributed by atoms with Crippen LogP contribution in [0.25, 0.3) is 0 Å². The monoisotopic (exact) mass is 649 g/mol. The van der Waals surface area contributed by atoms with E-state index < -0.39 is 9.05 Å². The molecule has 4 fully saturated rings. The summed E-state index contributed by atoms with van der Waals surface area (Å²) in [5, 5.41) is 0. The van der Waals surface area contributed by atoms with Crippen LogP contribution in [0.5, 0.6) is 0 Å². The molecule has 0 aromatic carbocycles. The zero-order valence-corrected chi connectivity index (χ0v) is 32.9. The molecule has 0 aliphatic heterocycles. The Morgan fingerprint density at radius 3 is 0.733 bits per heavy atom. The maximum Gasteiger partial charge on any atom is 0.680 e. The van der Waals surface area contributed by atoms with Crippen molar-refractivity contribution in [3.05, 3.63) is 0 Å². The minimum atomic E-state index is -3.61. The SMILES string of the molecule is CC(C)[C@@H]1CC[C@@H](C)C[C@H]1O[Si](O[C@@H]1C[C@H](C)CC[C@H]1C(C)C)(O[C@@H]1C[C@H](C)CC[C@H]1C(C)C)O[C@@H]1C[C@H](C)CC[C@H]1C(C)C. The van der Waals surface area contributed by atoms with Crippen LogP contribution < -0.4 is 0 Å². The van der Waals surface area contributed by atoms with Crippen LogP contribution in [0, 0.1) is 71.0 Å². The number of hydrogen-bond donors (Lipinski definition) is 0. The maximum absolute atomic E-state index is 7.69. The molecule has 0 aromatic rings. The van der Waals surface area contributed by atoms with Crippen molar-refractivity contribution in [3.63, 3.8) is 0 Å². The van der Waals surface area contributed by atoms with Gasteiger partial charge in [-0.2, -0.15) is 0 Å². The maximum atomic E-state index is 7.69. The molecule has 0 bridgehead atoms. The first-order valence-corrected chi connectivity index (χ1v) is 21.5. The molecule has 45 heavy (non-hydrogen) atoms. The molecule has 0 amide bonds. The molecule has 0 N–H and O–H groups in total. The van der Waals surface area contributed by atoms with Gasteiger partial charge in [-0.25, -0.2) is 0 Å². The molecule has 4 aliphatic rings. The van der Waals surface area contributed by atoms with E-state index in [0.29, 0.717) is 71.0 Å². The molecular formula is C40H76O4Si. The average Bonchev–Trinajstić information content (AvgIpc) is 2.92. The van der Waals surface area contributed by atoms with Gasteiger partial charge in [-0.15, -0.1) is 0 Å². The largest absolute Gasteiger partial charge is 0.680 e. The summed E-state index contributed by atoms with van der Waals surface area (Å²) < 4.78 is 30.8. The van der Waals surface area contributed by atoms with Crippen molar-refractivity contribution >= 4 is 9.05 Å². The van der Waals surface area contributed by atoms with Crippen LogP contribution in [0.3, 0.4) is 0 Å². The van der Waals surface area contributed by atoms with Crippen LogP contribution in [-0.4, -0.2) is 33.5 Å². The lowest BCUT2D eigenvalue weighted by Gasteiger charge is -2.49. The van der Waals surface area contributed by atoms with Gasteiger partial charge in [-0.05, 0) is 122 Å². The second-order valence-corrected chi connectivity index (χ2v) is 20.4. The molecule has 12 atom stereocenters. The van der Waals surface area contributed by atoms with Gasteiger partial charge >= 0.3 is 9.05 Å². The van der Waals surface area contributed by atoms with Crippen LogP contribution in [-0.2, 0) is 17.7 Å². The van der Waals surface area contributed by atoms with E-state index in [4.69, 9.17) is 17.7 Å². The first-order valence-electron chi connectivity index (χ1n) is 19.9. The first kappa shape index (κ1) is 37.9. The van der Waals surface area contributed by atoms with Gasteiger partial charge in [0.1, 0.15) is 0 Å². The zero-order valence-electron chi connectivity index (χ0n) is 31.9. The van der Waals surface area contributed by atoms with Crippen LogP contribution in [0.4, 0.5) is 0 Å². The van der Waals surface area contributed by atoms with Crippen LogP contribution in [0.2, 0.25) is 0 Å². The third-order valence-corrected chi connectivity index (χ3v) is 15.4. The lowest BCUT2D eigenvalue weighted by atomic mass is 9.75. The van der Waals surface area contributed by atoms with Gasteiger partial charge in [0, 0.05) is 0 Å². The molecule has 0 unspecified atom stereocenters. The Balaban J connectivity index is 1.82. The Hall–Kier alpha value is 0.0569. The lowest BCUT2D eigenvalue weighted by molar-refractivity contribution is -0.163. The van der Waals surface area contributed by atoms with E-state index in [0.717, 1.165) is 25.7 Å². The molecule has 5 heteroatoms. The molecule has 0 heterocycles. The van der Waals surface area contributed by atoms with Crippen molar-refractivity contribution in [2.75, 3.05) is 0 Å². The van der Waals surface area contributed by atoms with E-state index in [1.165, 1.54) is 51.4 Å². The predicted octanol–water partition coefficient (Wildman–Crippen LogP) is 11.3. The fraction of sp³-hybridized carbons (Fsp3) is 1.00. The molecule has 4 rings (SSSR count). The van der Waals surface area contributed by atoms with E-state index in [9.17, 15) is 0 Å². The fourth-order valence-corrected chi connectivity index (χ4v) is 12.8. The van der Waals surface area contributed by atoms with Crippen LogP contribution >= 0.6 is 0 Å². The van der Waals surface area contributed by atoms with Crippen LogP contribution in [0.15, 0.2) is 0 Å². The van der Waals surface area contributed by atoms with E-state index in [-0.39, 0.29) is 24.4 Å². The van der Waals surface area contributed by atoms with E-state index in [2.05, 4.69) is 83.1 Å². The molecule has 4 nitrogen and oxygen atoms in total. The van der Waals surface area contributed by atoms with Gasteiger partial charge in [0.2, 0.25) is 0 Å². The van der Waals surface area contributed by atoms with Crippen molar-refractivity contribution < 1.29 is 17.7 Å². The second-order valence-electron chi connectivity index (χ2n) is 18.4. The summed E-state index contributed by atoms with van der Waals surface area (Å²) in [6, 6.07) is 0. The van der Waals surface area contributed by atoms with Crippen molar-refractivity contribution in [2.45, 2.75) is 185 Å². The highest BCUT2D eigenvalue weighted by molar-refractivity contribution is 6.53. The highest BCUT2D eigenvalue weighted by atomic mass is 28.4. The Kier molecular flexibility index (Phi) is 14.0. The number of hydrogen-bond acceptors (Lipinski definition) is 4. The molecule has 264 valence electrons. The highest BCUT2D eigenvalue weighted by Gasteiger charge is 2.58. The van der Waals surface area contributed by atoms with Crippen molar-refractivity contribution in [1.29, 1.82) is 0 Å². The first-order chi connectivity index (χ1) is 21.2. The van der Waals surface area contributed by atoms with Gasteiger partial charge in [0.05, 0.1) is 24.4 Å². The molecule has 0 aromatic heterocycles. The fourth-order valence-electron chi connectivity index (χ4n) is 9.91. The van der Waals surface area contributed by atoms with Gasteiger partial charge in [-0.1, -0.05) is 109 Å². The topological polar surface area (TPSA) is 36.9 Å². The lowest BCUT2D eigenvalue weighted by Crippen LogP contribution is -2.62. The van der Waals surface area contributed by atoms with E-state index in [1.807, 2.05) is 0 Å². The summed E-state index contributed by atoms with van der Waals surface area (Å²) in [5.74, 6) is 7.01. The second kappa shape index (κ2) is 16.6. The zero-order chi connectivity index (χ0) is 33.1. The Labute approximate surface area is 281 Å². The summed E-state index contributed by atoms with van der Waals surface area (Å²) in [6.45, 7) is 28.9. The van der Waals surface area contributed by atoms with Crippen LogP contribution in [0.1, 0.15) is 160 Å². The molecular weight excluding hydrogens is 573 g/mol. The minimum absolute atomic E-state index is 0.135. The van der Waals surface area contributed by atoms with Gasteiger partial charge < -0.3 is 17.7 Å². The Morgan fingerprint density at radius 1 is 0.356 bits per heavy atom. The highest BCUT2D eigenvalue weighted by Crippen LogP contribution is 2.45. The smallest absolute Gasteiger partial charge is 0.348 e. The summed E-state index contributed by atoms with van der Waals surface area (Å²) in [5.41, 5.74) is 0. The van der Waals surface area contributed by atoms with Gasteiger partial charge in [0.25, 0.3) is 0 Å². The van der Waals surface area contributed by atoms with E-state index >= 15 is 0 Å². The molecule has 0 radical (unpaired) electrons. The summed E-state index contributed by atoms with van der Waals surface area (Å²) >= 11 is 0. The average molecular weight is 649 g/mol. The normalized spacial score (nSPS) is 40.5. The minimum Gasteiger partial charge on any atom is -0.348 e. The summed E-state index contributed by atoms with van der Waals surface area (Å²) in [6.07, 6.45) is 15.0. The van der Waals surface area contributed by atoms with E-state index in [1.54, 1.807) is 0 Å². The summed E-state index contributed by atoms with van der Waals surface area (Å²) in [4.78, 5) is 0. The van der Waals surface area contributed by atoms with Gasteiger partial charge in [-0.3, -0.25) is 0 Å². The van der Waals surface area contributed by atoms with Gasteiger partial charge in [0.15, 0.2) is 0 Å². The molecule has 4 saturated carbocycles. The van der Waals surface area contributed by atoms with Crippen molar-refractivity contribution in [2.24, 2.45) is 71.0 Å². The standard InChI is InChI=1S/C40H76O4Si/c1-25(2)33-17-13-29(9)21-37(33)41-45(42-38-22-30(10)14-18-34(38)26(3)4,43-39-23-31(11)15-19-35(39)27(5)6)44-40-24-32(12)16-20-36(40)28(7)8/h25-40H,13-24H2,1-12H3/t29-,30-,31-,32-,33+,34+,35+,36+,37-,38-,39-,40-/m1/s1. The third kappa shape index (κ3) is 10.0. The molecule has 4 aliphatic carbocycles. The van der Waals surface area contributed by atoms with Crippen molar-refractivity contribution in [3.8, 4) is 0 Å².